The number of phenolic OH excluding ortho intramolecular Hbond substituents is 2. The number of benzene rings is 2. The zero-order valence-corrected chi connectivity index (χ0v) is 10.3. The molecule has 0 saturated heterocycles. The second-order valence-corrected chi connectivity index (χ2v) is 4.45. The maximum absolute atomic E-state index is 12.0. The minimum Gasteiger partial charge on any atom is -0.508 e. The van der Waals surface area contributed by atoms with Crippen LogP contribution in [0.5, 0.6) is 11.5 Å². The van der Waals surface area contributed by atoms with Crippen molar-refractivity contribution in [1.29, 1.82) is 0 Å². The molecule has 0 saturated carbocycles. The lowest BCUT2D eigenvalue weighted by Gasteiger charge is -2.04. The van der Waals surface area contributed by atoms with Crippen molar-refractivity contribution < 1.29 is 15.0 Å². The molecule has 4 heteroatoms. The Hall–Kier alpha value is -1.81. The summed E-state index contributed by atoms with van der Waals surface area (Å²) in [6.07, 6.45) is 0. The first-order valence-electron chi connectivity index (χ1n) is 4.90. The van der Waals surface area contributed by atoms with Crippen molar-refractivity contribution in [2.24, 2.45) is 0 Å². The predicted octanol–water partition coefficient (Wildman–Crippen LogP) is 3.09. The minimum atomic E-state index is -0.282. The smallest absolute Gasteiger partial charge is 0.196 e. The number of hydrogen-bond donors (Lipinski definition) is 2. The van der Waals surface area contributed by atoms with Gasteiger partial charge in [-0.25, -0.2) is 0 Å². The van der Waals surface area contributed by atoms with Gasteiger partial charge in [0, 0.05) is 10.0 Å². The Morgan fingerprint density at radius 2 is 1.65 bits per heavy atom. The number of ketones is 1. The van der Waals surface area contributed by atoms with Crippen molar-refractivity contribution >= 4 is 21.7 Å². The Morgan fingerprint density at radius 3 is 2.24 bits per heavy atom. The monoisotopic (exact) mass is 292 g/mol. The van der Waals surface area contributed by atoms with Crippen molar-refractivity contribution in [2.45, 2.75) is 0 Å². The van der Waals surface area contributed by atoms with Crippen LogP contribution in [0.3, 0.4) is 0 Å². The second-order valence-electron chi connectivity index (χ2n) is 3.54. The summed E-state index contributed by atoms with van der Waals surface area (Å²) < 4.78 is 0.706. The summed E-state index contributed by atoms with van der Waals surface area (Å²) in [7, 11) is 0. The van der Waals surface area contributed by atoms with Gasteiger partial charge in [-0.3, -0.25) is 4.79 Å². The van der Waals surface area contributed by atoms with Gasteiger partial charge < -0.3 is 10.2 Å². The molecule has 2 N–H and O–H groups in total. The van der Waals surface area contributed by atoms with Gasteiger partial charge in [0.05, 0.1) is 5.56 Å². The van der Waals surface area contributed by atoms with Gasteiger partial charge >= 0.3 is 0 Å². The number of carbonyl (C=O) groups excluding carboxylic acids is 1. The molecule has 0 unspecified atom stereocenters. The van der Waals surface area contributed by atoms with E-state index >= 15 is 0 Å². The highest BCUT2D eigenvalue weighted by molar-refractivity contribution is 9.10. The van der Waals surface area contributed by atoms with E-state index in [9.17, 15) is 9.90 Å². The van der Waals surface area contributed by atoms with Crippen LogP contribution in [0.2, 0.25) is 0 Å². The molecule has 2 rings (SSSR count). The Labute approximate surface area is 106 Å². The number of phenols is 2. The van der Waals surface area contributed by atoms with Crippen LogP contribution in [0.15, 0.2) is 46.9 Å². The molecule has 0 spiro atoms. The normalized spacial score (nSPS) is 10.2. The highest BCUT2D eigenvalue weighted by atomic mass is 79.9. The minimum absolute atomic E-state index is 0.0718. The number of rotatable bonds is 2. The molecule has 0 atom stereocenters. The van der Waals surface area contributed by atoms with Crippen LogP contribution in [0.4, 0.5) is 0 Å². The molecular weight excluding hydrogens is 284 g/mol. The van der Waals surface area contributed by atoms with Crippen molar-refractivity contribution in [3.8, 4) is 11.5 Å². The standard InChI is InChI=1S/C13H9BrO3/c14-9-3-6-11(12(16)7-9)13(17)8-1-4-10(15)5-2-8/h1-7,15-16H. The lowest BCUT2D eigenvalue weighted by molar-refractivity contribution is 0.103. The fourth-order valence-electron chi connectivity index (χ4n) is 1.47. The van der Waals surface area contributed by atoms with E-state index in [0.29, 0.717) is 10.0 Å². The zero-order valence-electron chi connectivity index (χ0n) is 8.72. The van der Waals surface area contributed by atoms with Crippen LogP contribution >= 0.6 is 15.9 Å². The number of carbonyl (C=O) groups is 1. The van der Waals surface area contributed by atoms with Crippen LogP contribution in [0, 0.1) is 0 Å². The molecule has 0 aliphatic rings. The third-order valence-corrected chi connectivity index (χ3v) is 2.83. The Bertz CT molecular complexity index is 561. The largest absolute Gasteiger partial charge is 0.508 e. The molecule has 0 aromatic heterocycles. The molecule has 86 valence electrons. The predicted molar refractivity (Wildman–Crippen MR) is 67.3 cm³/mol. The highest BCUT2D eigenvalue weighted by Gasteiger charge is 2.13. The summed E-state index contributed by atoms with van der Waals surface area (Å²) in [4.78, 5) is 12.0. The van der Waals surface area contributed by atoms with E-state index in [2.05, 4.69) is 15.9 Å². The number of aromatic hydroxyl groups is 2. The SMILES string of the molecule is O=C(c1ccc(O)cc1)c1ccc(Br)cc1O. The van der Waals surface area contributed by atoms with Gasteiger partial charge in [0.25, 0.3) is 0 Å². The van der Waals surface area contributed by atoms with Crippen LogP contribution in [0.1, 0.15) is 15.9 Å². The lowest BCUT2D eigenvalue weighted by Crippen LogP contribution is -2.01. The first-order valence-corrected chi connectivity index (χ1v) is 5.69. The van der Waals surface area contributed by atoms with Crippen molar-refractivity contribution in [1.82, 2.24) is 0 Å². The topological polar surface area (TPSA) is 57.5 Å². The molecule has 0 amide bonds. The van der Waals surface area contributed by atoms with Crippen LogP contribution in [-0.4, -0.2) is 16.0 Å². The molecule has 0 bridgehead atoms. The van der Waals surface area contributed by atoms with E-state index in [1.165, 1.54) is 30.3 Å². The average molecular weight is 293 g/mol. The van der Waals surface area contributed by atoms with E-state index in [-0.39, 0.29) is 22.8 Å². The summed E-state index contributed by atoms with van der Waals surface area (Å²) in [5, 5.41) is 18.8. The molecule has 2 aromatic rings. The van der Waals surface area contributed by atoms with E-state index in [1.807, 2.05) is 0 Å². The lowest BCUT2D eigenvalue weighted by atomic mass is 10.0. The number of halogens is 1. The average Bonchev–Trinajstić information content (AvgIpc) is 2.29. The zero-order chi connectivity index (χ0) is 12.4. The third kappa shape index (κ3) is 2.47. The van der Waals surface area contributed by atoms with Gasteiger partial charge in [0.15, 0.2) is 5.78 Å². The van der Waals surface area contributed by atoms with Gasteiger partial charge in [-0.2, -0.15) is 0 Å². The van der Waals surface area contributed by atoms with Crippen LogP contribution in [0.25, 0.3) is 0 Å². The summed E-state index contributed by atoms with van der Waals surface area (Å²) >= 11 is 3.21. The van der Waals surface area contributed by atoms with Crippen LogP contribution < -0.4 is 0 Å². The highest BCUT2D eigenvalue weighted by Crippen LogP contribution is 2.25. The fraction of sp³-hybridized carbons (Fsp3) is 0. The third-order valence-electron chi connectivity index (χ3n) is 2.33. The molecule has 3 nitrogen and oxygen atoms in total. The van der Waals surface area contributed by atoms with Gasteiger partial charge in [0.1, 0.15) is 11.5 Å². The van der Waals surface area contributed by atoms with Gasteiger partial charge in [-0.1, -0.05) is 15.9 Å². The van der Waals surface area contributed by atoms with E-state index in [4.69, 9.17) is 5.11 Å². The quantitative estimate of drug-likeness (QED) is 0.836. The van der Waals surface area contributed by atoms with E-state index in [0.717, 1.165) is 0 Å². The van der Waals surface area contributed by atoms with Crippen molar-refractivity contribution in [3.63, 3.8) is 0 Å². The summed E-state index contributed by atoms with van der Waals surface area (Å²) in [5.41, 5.74) is 0.652. The van der Waals surface area contributed by atoms with E-state index in [1.54, 1.807) is 12.1 Å². The molecule has 17 heavy (non-hydrogen) atoms. The summed E-state index contributed by atoms with van der Waals surface area (Å²) in [6, 6.07) is 10.6. The maximum atomic E-state index is 12.0. The Kier molecular flexibility index (Phi) is 3.15. The van der Waals surface area contributed by atoms with Gasteiger partial charge in [0.2, 0.25) is 0 Å². The van der Waals surface area contributed by atoms with Crippen molar-refractivity contribution in [2.75, 3.05) is 0 Å². The molecule has 2 aromatic carbocycles. The Balaban J connectivity index is 2.40. The molecule has 0 fully saturated rings. The Morgan fingerprint density at radius 1 is 1.00 bits per heavy atom. The summed E-state index contributed by atoms with van der Waals surface area (Å²) in [6.45, 7) is 0. The van der Waals surface area contributed by atoms with E-state index < -0.39 is 0 Å². The van der Waals surface area contributed by atoms with Gasteiger partial charge in [-0.05, 0) is 42.5 Å². The van der Waals surface area contributed by atoms with Crippen LogP contribution in [-0.2, 0) is 0 Å². The number of hydrogen-bond acceptors (Lipinski definition) is 3. The first kappa shape index (κ1) is 11.7. The molecular formula is C13H9BrO3. The summed E-state index contributed by atoms with van der Waals surface area (Å²) in [5.74, 6) is -0.256. The maximum Gasteiger partial charge on any atom is 0.196 e. The first-order chi connectivity index (χ1) is 8.08. The molecule has 0 radical (unpaired) electrons. The van der Waals surface area contributed by atoms with Crippen molar-refractivity contribution in [3.05, 3.63) is 58.1 Å². The van der Waals surface area contributed by atoms with Gasteiger partial charge in [-0.15, -0.1) is 0 Å². The second kappa shape index (κ2) is 4.59. The molecule has 0 heterocycles. The molecule has 0 aliphatic heterocycles. The molecule has 0 aliphatic carbocycles. The fourth-order valence-corrected chi connectivity index (χ4v) is 1.81.